The molecule has 0 saturated carbocycles. The summed E-state index contributed by atoms with van der Waals surface area (Å²) in [7, 11) is 0. The predicted octanol–water partition coefficient (Wildman–Crippen LogP) is -0.245. The van der Waals surface area contributed by atoms with E-state index < -0.39 is 5.72 Å². The lowest BCUT2D eigenvalue weighted by Crippen LogP contribution is -2.37. The molecule has 6 N–H and O–H groups in total. The zero-order valence-corrected chi connectivity index (χ0v) is 7.27. The van der Waals surface area contributed by atoms with E-state index in [0.29, 0.717) is 11.3 Å². The molecule has 72 valence electrons. The van der Waals surface area contributed by atoms with Gasteiger partial charge in [-0.3, -0.25) is 5.73 Å². The van der Waals surface area contributed by atoms with E-state index in [-0.39, 0.29) is 13.0 Å². The lowest BCUT2D eigenvalue weighted by molar-refractivity contribution is 0.0177. The molecule has 0 aliphatic carbocycles. The van der Waals surface area contributed by atoms with E-state index in [2.05, 4.69) is 0 Å². The van der Waals surface area contributed by atoms with Crippen molar-refractivity contribution in [3.05, 3.63) is 29.8 Å². The van der Waals surface area contributed by atoms with Crippen molar-refractivity contribution in [2.24, 2.45) is 5.73 Å². The second-order valence-electron chi connectivity index (χ2n) is 3.02. The van der Waals surface area contributed by atoms with Crippen molar-refractivity contribution in [1.82, 2.24) is 0 Å². The fourth-order valence-corrected chi connectivity index (χ4v) is 1.09. The summed E-state index contributed by atoms with van der Waals surface area (Å²) in [4.78, 5) is 0. The number of aliphatic hydroxyl groups is 2. The van der Waals surface area contributed by atoms with Crippen molar-refractivity contribution in [3.63, 3.8) is 0 Å². The summed E-state index contributed by atoms with van der Waals surface area (Å²) in [6, 6.07) is 6.60. The maximum absolute atomic E-state index is 9.65. The van der Waals surface area contributed by atoms with Crippen LogP contribution in [0.1, 0.15) is 12.0 Å². The van der Waals surface area contributed by atoms with E-state index in [9.17, 15) is 5.11 Å². The van der Waals surface area contributed by atoms with E-state index in [1.165, 1.54) is 0 Å². The molecule has 0 aliphatic rings. The Morgan fingerprint density at radius 1 is 1.23 bits per heavy atom. The number of hydrogen-bond donors (Lipinski definition) is 4. The minimum absolute atomic E-state index is 0.108. The largest absolute Gasteiger partial charge is 0.399 e. The van der Waals surface area contributed by atoms with Crippen molar-refractivity contribution < 1.29 is 10.2 Å². The van der Waals surface area contributed by atoms with Crippen LogP contribution in [-0.4, -0.2) is 16.8 Å². The number of hydrogen-bond acceptors (Lipinski definition) is 4. The molecule has 0 bridgehead atoms. The first kappa shape index (κ1) is 9.98. The van der Waals surface area contributed by atoms with E-state index >= 15 is 0 Å². The van der Waals surface area contributed by atoms with Crippen LogP contribution in [0.25, 0.3) is 0 Å². The average molecular weight is 182 g/mol. The van der Waals surface area contributed by atoms with Crippen LogP contribution >= 0.6 is 0 Å². The summed E-state index contributed by atoms with van der Waals surface area (Å²) < 4.78 is 0. The van der Waals surface area contributed by atoms with E-state index in [1.54, 1.807) is 24.3 Å². The van der Waals surface area contributed by atoms with Gasteiger partial charge >= 0.3 is 0 Å². The van der Waals surface area contributed by atoms with Crippen LogP contribution < -0.4 is 11.5 Å². The number of aliphatic hydroxyl groups excluding tert-OH is 1. The van der Waals surface area contributed by atoms with Gasteiger partial charge in [0.2, 0.25) is 0 Å². The monoisotopic (exact) mass is 182 g/mol. The summed E-state index contributed by atoms with van der Waals surface area (Å²) >= 11 is 0. The molecule has 0 heterocycles. The molecule has 1 atom stereocenters. The first-order chi connectivity index (χ1) is 6.06. The minimum Gasteiger partial charge on any atom is -0.399 e. The third-order valence-corrected chi connectivity index (χ3v) is 1.90. The van der Waals surface area contributed by atoms with Gasteiger partial charge < -0.3 is 15.9 Å². The molecule has 13 heavy (non-hydrogen) atoms. The standard InChI is InChI=1S/C9H14N2O2/c10-8-3-1-7(2-4-8)9(11,13)5-6-12/h1-4,12-13H,5-6,10-11H2. The van der Waals surface area contributed by atoms with Gasteiger partial charge in [0.25, 0.3) is 0 Å². The molecule has 0 amide bonds. The van der Waals surface area contributed by atoms with E-state index in [4.69, 9.17) is 16.6 Å². The summed E-state index contributed by atoms with van der Waals surface area (Å²) in [6.45, 7) is -0.155. The highest BCUT2D eigenvalue weighted by Gasteiger charge is 2.22. The molecule has 0 aromatic heterocycles. The summed E-state index contributed by atoms with van der Waals surface area (Å²) in [6.07, 6.45) is 0.108. The summed E-state index contributed by atoms with van der Waals surface area (Å²) in [5.41, 5.74) is 10.7. The number of benzene rings is 1. The third kappa shape index (κ3) is 2.42. The van der Waals surface area contributed by atoms with Crippen LogP contribution in [0, 0.1) is 0 Å². The van der Waals surface area contributed by atoms with E-state index in [1.807, 2.05) is 0 Å². The smallest absolute Gasteiger partial charge is 0.141 e. The second-order valence-corrected chi connectivity index (χ2v) is 3.02. The van der Waals surface area contributed by atoms with Crippen LogP contribution in [0.3, 0.4) is 0 Å². The van der Waals surface area contributed by atoms with Gasteiger partial charge in [0.1, 0.15) is 5.72 Å². The predicted molar refractivity (Wildman–Crippen MR) is 50.6 cm³/mol. The fourth-order valence-electron chi connectivity index (χ4n) is 1.09. The van der Waals surface area contributed by atoms with Crippen molar-refractivity contribution >= 4 is 5.69 Å². The van der Waals surface area contributed by atoms with Crippen molar-refractivity contribution in [2.75, 3.05) is 12.3 Å². The number of nitrogens with two attached hydrogens (primary N) is 2. The molecule has 1 rings (SSSR count). The summed E-state index contributed by atoms with van der Waals surface area (Å²) in [5.74, 6) is 0. The Morgan fingerprint density at radius 2 is 1.77 bits per heavy atom. The van der Waals surface area contributed by atoms with Crippen molar-refractivity contribution in [3.8, 4) is 0 Å². The molecule has 0 spiro atoms. The van der Waals surface area contributed by atoms with Gasteiger partial charge in [-0.05, 0) is 17.7 Å². The molecule has 0 aliphatic heterocycles. The normalized spacial score (nSPS) is 15.3. The maximum atomic E-state index is 9.65. The van der Waals surface area contributed by atoms with Gasteiger partial charge in [0.05, 0.1) is 0 Å². The van der Waals surface area contributed by atoms with Gasteiger partial charge in [-0.15, -0.1) is 0 Å². The van der Waals surface area contributed by atoms with Crippen LogP contribution in [0.15, 0.2) is 24.3 Å². The first-order valence-corrected chi connectivity index (χ1v) is 4.04. The SMILES string of the molecule is Nc1ccc(C(N)(O)CCO)cc1. The minimum atomic E-state index is -1.47. The molecule has 0 radical (unpaired) electrons. The Kier molecular flexibility index (Phi) is 2.87. The molecule has 4 heteroatoms. The molecular weight excluding hydrogens is 168 g/mol. The molecule has 1 unspecified atom stereocenters. The highest BCUT2D eigenvalue weighted by atomic mass is 16.3. The van der Waals surface area contributed by atoms with Crippen LogP contribution in [-0.2, 0) is 5.72 Å². The Labute approximate surface area is 76.8 Å². The van der Waals surface area contributed by atoms with Gasteiger partial charge in [-0.2, -0.15) is 0 Å². The molecule has 1 aromatic carbocycles. The van der Waals surface area contributed by atoms with Gasteiger partial charge in [-0.1, -0.05) is 12.1 Å². The fraction of sp³-hybridized carbons (Fsp3) is 0.333. The van der Waals surface area contributed by atoms with Crippen LogP contribution in [0.5, 0.6) is 0 Å². The summed E-state index contributed by atoms with van der Waals surface area (Å²) in [5, 5.41) is 18.3. The van der Waals surface area contributed by atoms with Crippen molar-refractivity contribution in [1.29, 1.82) is 0 Å². The number of anilines is 1. The number of rotatable bonds is 3. The van der Waals surface area contributed by atoms with Gasteiger partial charge in [0, 0.05) is 18.7 Å². The highest BCUT2D eigenvalue weighted by molar-refractivity contribution is 5.40. The Morgan fingerprint density at radius 3 is 2.23 bits per heavy atom. The van der Waals surface area contributed by atoms with Crippen LogP contribution in [0.2, 0.25) is 0 Å². The quantitative estimate of drug-likeness (QED) is 0.383. The second kappa shape index (κ2) is 3.74. The van der Waals surface area contributed by atoms with Crippen LogP contribution in [0.4, 0.5) is 5.69 Å². The molecule has 4 nitrogen and oxygen atoms in total. The van der Waals surface area contributed by atoms with Gasteiger partial charge in [0.15, 0.2) is 0 Å². The lowest BCUT2D eigenvalue weighted by Gasteiger charge is -2.22. The zero-order valence-electron chi connectivity index (χ0n) is 7.27. The Bertz CT molecular complexity index is 269. The topological polar surface area (TPSA) is 92.5 Å². The molecule has 0 fully saturated rings. The molecule has 1 aromatic rings. The first-order valence-electron chi connectivity index (χ1n) is 4.04. The van der Waals surface area contributed by atoms with E-state index in [0.717, 1.165) is 0 Å². The number of nitrogen functional groups attached to an aromatic ring is 1. The molecule has 0 saturated heterocycles. The van der Waals surface area contributed by atoms with Crippen molar-refractivity contribution in [2.45, 2.75) is 12.1 Å². The van der Waals surface area contributed by atoms with Gasteiger partial charge in [-0.25, -0.2) is 0 Å². The zero-order chi connectivity index (χ0) is 9.90. The maximum Gasteiger partial charge on any atom is 0.141 e. The third-order valence-electron chi connectivity index (χ3n) is 1.90. The Hall–Kier alpha value is -1.10. The Balaban J connectivity index is 2.87. The average Bonchev–Trinajstić information content (AvgIpc) is 2.05. The highest BCUT2D eigenvalue weighted by Crippen LogP contribution is 2.19. The lowest BCUT2D eigenvalue weighted by atomic mass is 10.0. The molecular formula is C9H14N2O2.